The average molecular weight is 345 g/mol. The van der Waals surface area contributed by atoms with Gasteiger partial charge in [0.15, 0.2) is 0 Å². The highest BCUT2D eigenvalue weighted by Gasteiger charge is 2.17. The third kappa shape index (κ3) is 6.42. The molecule has 5 heteroatoms. The van der Waals surface area contributed by atoms with E-state index in [-0.39, 0.29) is 12.1 Å². The van der Waals surface area contributed by atoms with E-state index in [1.807, 2.05) is 26.8 Å². The number of aromatic nitrogens is 1. The molecule has 1 amide bonds. The van der Waals surface area contributed by atoms with Gasteiger partial charge in [-0.15, -0.1) is 0 Å². The normalized spacial score (nSPS) is 13.0. The van der Waals surface area contributed by atoms with Crippen molar-refractivity contribution < 1.29 is 9.53 Å². The number of hydrogen-bond donors (Lipinski definition) is 3. The Balaban J connectivity index is 1.90. The van der Waals surface area contributed by atoms with E-state index in [9.17, 15) is 4.79 Å². The second-order valence-corrected chi connectivity index (χ2v) is 7.46. The molecule has 2 aromatic rings. The number of carbonyl (C=O) groups is 1. The average Bonchev–Trinajstić information content (AvgIpc) is 2.96. The maximum atomic E-state index is 11.9. The Labute approximate surface area is 150 Å². The highest BCUT2D eigenvalue weighted by molar-refractivity contribution is 5.82. The Morgan fingerprint density at radius 3 is 2.76 bits per heavy atom. The lowest BCUT2D eigenvalue weighted by atomic mass is 10.1. The van der Waals surface area contributed by atoms with Crippen molar-refractivity contribution >= 4 is 17.0 Å². The molecule has 0 aliphatic carbocycles. The van der Waals surface area contributed by atoms with Crippen LogP contribution in [0.1, 0.15) is 52.5 Å². The maximum absolute atomic E-state index is 11.9. The first-order valence-corrected chi connectivity index (χ1v) is 9.14. The lowest BCUT2D eigenvalue weighted by Gasteiger charge is -2.22. The van der Waals surface area contributed by atoms with Crippen LogP contribution in [0.3, 0.4) is 0 Å². The molecule has 2 rings (SSSR count). The van der Waals surface area contributed by atoms with Gasteiger partial charge in [-0.3, -0.25) is 0 Å². The van der Waals surface area contributed by atoms with E-state index in [2.05, 4.69) is 46.9 Å². The molecule has 25 heavy (non-hydrogen) atoms. The van der Waals surface area contributed by atoms with Crippen molar-refractivity contribution in [3.63, 3.8) is 0 Å². The second-order valence-electron chi connectivity index (χ2n) is 7.46. The highest BCUT2D eigenvalue weighted by atomic mass is 16.6. The molecule has 0 aliphatic heterocycles. The molecule has 138 valence electrons. The fourth-order valence-corrected chi connectivity index (χ4v) is 2.78. The monoisotopic (exact) mass is 345 g/mol. The lowest BCUT2D eigenvalue weighted by Crippen LogP contribution is -2.42. The van der Waals surface area contributed by atoms with Crippen LogP contribution in [0.5, 0.6) is 0 Å². The third-order valence-corrected chi connectivity index (χ3v) is 4.05. The number of carbonyl (C=O) groups excluding carboxylic acids is 1. The number of unbranched alkanes of at least 4 members (excludes halogenated alkanes) is 1. The van der Waals surface area contributed by atoms with Gasteiger partial charge in [-0.2, -0.15) is 0 Å². The lowest BCUT2D eigenvalue weighted by molar-refractivity contribution is 0.0521. The summed E-state index contributed by atoms with van der Waals surface area (Å²) in [7, 11) is 0. The first-order valence-electron chi connectivity index (χ1n) is 9.14. The summed E-state index contributed by atoms with van der Waals surface area (Å²) in [6.45, 7) is 9.13. The number of H-pyrrole nitrogens is 1. The van der Waals surface area contributed by atoms with Crippen molar-refractivity contribution in [3.8, 4) is 0 Å². The number of fused-ring (bicyclic) bond motifs is 1. The zero-order valence-corrected chi connectivity index (χ0v) is 15.8. The quantitative estimate of drug-likeness (QED) is 0.667. The Bertz CT molecular complexity index is 673. The van der Waals surface area contributed by atoms with Crippen molar-refractivity contribution in [1.29, 1.82) is 0 Å². The van der Waals surface area contributed by atoms with E-state index in [0.717, 1.165) is 31.3 Å². The molecule has 3 N–H and O–H groups in total. The van der Waals surface area contributed by atoms with Crippen molar-refractivity contribution in [2.45, 2.75) is 65.1 Å². The van der Waals surface area contributed by atoms with Crippen molar-refractivity contribution in [1.82, 2.24) is 15.6 Å². The van der Waals surface area contributed by atoms with Gasteiger partial charge in [-0.25, -0.2) is 4.79 Å². The number of nitrogens with one attached hydrogen (secondary N) is 3. The molecule has 0 spiro atoms. The fourth-order valence-electron chi connectivity index (χ4n) is 2.78. The van der Waals surface area contributed by atoms with E-state index < -0.39 is 5.60 Å². The molecule has 0 radical (unpaired) electrons. The van der Waals surface area contributed by atoms with E-state index in [1.54, 1.807) is 0 Å². The van der Waals surface area contributed by atoms with Crippen molar-refractivity contribution in [2.24, 2.45) is 0 Å². The van der Waals surface area contributed by atoms with Gasteiger partial charge < -0.3 is 20.4 Å². The minimum absolute atomic E-state index is 0.223. The SMILES string of the molecule is CCCCC(CNC(=O)OC(C)(C)C)NCc1c[nH]c2ccccc12. The molecule has 1 atom stereocenters. The van der Waals surface area contributed by atoms with Gasteiger partial charge in [-0.1, -0.05) is 38.0 Å². The zero-order chi connectivity index (χ0) is 18.3. The maximum Gasteiger partial charge on any atom is 0.407 e. The van der Waals surface area contributed by atoms with Crippen LogP contribution in [0.25, 0.3) is 10.9 Å². The van der Waals surface area contributed by atoms with Crippen LogP contribution < -0.4 is 10.6 Å². The number of amides is 1. The minimum atomic E-state index is -0.472. The topological polar surface area (TPSA) is 66.2 Å². The molecule has 1 unspecified atom stereocenters. The molecule has 1 aromatic heterocycles. The summed E-state index contributed by atoms with van der Waals surface area (Å²) in [5.41, 5.74) is 1.92. The zero-order valence-electron chi connectivity index (χ0n) is 15.8. The predicted octanol–water partition coefficient (Wildman–Crippen LogP) is 4.34. The van der Waals surface area contributed by atoms with Crippen LogP contribution in [-0.2, 0) is 11.3 Å². The van der Waals surface area contributed by atoms with E-state index >= 15 is 0 Å². The number of para-hydroxylation sites is 1. The van der Waals surface area contributed by atoms with Crippen LogP contribution in [0.15, 0.2) is 30.5 Å². The van der Waals surface area contributed by atoms with E-state index in [4.69, 9.17) is 4.74 Å². The predicted molar refractivity (Wildman–Crippen MR) is 103 cm³/mol. The molecule has 1 heterocycles. The standard InChI is InChI=1S/C20H31N3O2/c1-5-6-9-16(14-23-19(24)25-20(2,3)4)21-12-15-13-22-18-11-8-7-10-17(15)18/h7-8,10-11,13,16,21-22H,5-6,9,12,14H2,1-4H3,(H,23,24). The van der Waals surface area contributed by atoms with E-state index in [0.29, 0.717) is 6.54 Å². The third-order valence-electron chi connectivity index (χ3n) is 4.05. The summed E-state index contributed by atoms with van der Waals surface area (Å²) in [4.78, 5) is 15.2. The Morgan fingerprint density at radius 2 is 2.04 bits per heavy atom. The second kappa shape index (κ2) is 8.90. The summed E-state index contributed by atoms with van der Waals surface area (Å²) in [5, 5.41) is 7.70. The van der Waals surface area contributed by atoms with Crippen molar-refractivity contribution in [3.05, 3.63) is 36.0 Å². The number of benzene rings is 1. The number of rotatable bonds is 8. The van der Waals surface area contributed by atoms with Crippen LogP contribution >= 0.6 is 0 Å². The molecule has 0 saturated heterocycles. The number of hydrogen-bond acceptors (Lipinski definition) is 3. The smallest absolute Gasteiger partial charge is 0.407 e. The molecule has 0 aliphatic rings. The summed E-state index contributed by atoms with van der Waals surface area (Å²) in [5.74, 6) is 0. The van der Waals surface area contributed by atoms with Gasteiger partial charge in [0.05, 0.1) is 0 Å². The van der Waals surface area contributed by atoms with Crippen LogP contribution in [0.2, 0.25) is 0 Å². The summed E-state index contributed by atoms with van der Waals surface area (Å²) in [6.07, 6.45) is 4.98. The highest BCUT2D eigenvalue weighted by Crippen LogP contribution is 2.17. The summed E-state index contributed by atoms with van der Waals surface area (Å²) in [6, 6.07) is 8.52. The first-order chi connectivity index (χ1) is 11.9. The van der Waals surface area contributed by atoms with Crippen LogP contribution in [0.4, 0.5) is 4.79 Å². The van der Waals surface area contributed by atoms with Crippen molar-refractivity contribution in [2.75, 3.05) is 6.54 Å². The van der Waals surface area contributed by atoms with Gasteiger partial charge in [0.25, 0.3) is 0 Å². The first kappa shape index (κ1) is 19.3. The molecular formula is C20H31N3O2. The summed E-state index contributed by atoms with van der Waals surface area (Å²) >= 11 is 0. The Morgan fingerprint density at radius 1 is 1.28 bits per heavy atom. The number of ether oxygens (including phenoxy) is 1. The number of alkyl carbamates (subject to hydrolysis) is 1. The molecule has 0 fully saturated rings. The van der Waals surface area contributed by atoms with Gasteiger partial charge >= 0.3 is 6.09 Å². The molecule has 1 aromatic carbocycles. The van der Waals surface area contributed by atoms with Gasteiger partial charge in [0.2, 0.25) is 0 Å². The minimum Gasteiger partial charge on any atom is -0.444 e. The van der Waals surface area contributed by atoms with Crippen LogP contribution in [-0.4, -0.2) is 29.3 Å². The Hall–Kier alpha value is -2.01. The molecular weight excluding hydrogens is 314 g/mol. The van der Waals surface area contributed by atoms with Crippen LogP contribution in [0, 0.1) is 0 Å². The Kier molecular flexibility index (Phi) is 6.88. The summed E-state index contributed by atoms with van der Waals surface area (Å²) < 4.78 is 5.32. The van der Waals surface area contributed by atoms with Gasteiger partial charge in [-0.05, 0) is 38.8 Å². The molecule has 0 saturated carbocycles. The molecule has 0 bridgehead atoms. The molecule has 5 nitrogen and oxygen atoms in total. The van der Waals surface area contributed by atoms with Gasteiger partial charge in [0, 0.05) is 36.2 Å². The largest absolute Gasteiger partial charge is 0.444 e. The van der Waals surface area contributed by atoms with E-state index in [1.165, 1.54) is 10.9 Å². The van der Waals surface area contributed by atoms with Gasteiger partial charge in [0.1, 0.15) is 5.60 Å². The number of aromatic amines is 1. The fraction of sp³-hybridized carbons (Fsp3) is 0.550.